The lowest BCUT2D eigenvalue weighted by molar-refractivity contribution is 0.170. The number of fused-ring (bicyclic) bond motifs is 1. The van der Waals surface area contributed by atoms with Crippen LogP contribution in [-0.2, 0) is 0 Å². The zero-order valence-electron chi connectivity index (χ0n) is 17.4. The molecule has 1 saturated heterocycles. The first-order chi connectivity index (χ1) is 13.7. The number of hydrogen-bond acceptors (Lipinski definition) is 7. The van der Waals surface area contributed by atoms with Gasteiger partial charge in [0.1, 0.15) is 17.0 Å². The van der Waals surface area contributed by atoms with E-state index in [9.17, 15) is 0 Å². The highest BCUT2D eigenvalue weighted by molar-refractivity contribution is 7.99. The van der Waals surface area contributed by atoms with Crippen LogP contribution in [0.25, 0.3) is 10.9 Å². The van der Waals surface area contributed by atoms with Gasteiger partial charge in [0.2, 0.25) is 0 Å². The van der Waals surface area contributed by atoms with Crippen molar-refractivity contribution in [3.8, 4) is 0 Å². The number of nitrogen functional groups attached to an aromatic ring is 1. The number of rotatable bonds is 4. The number of hydrogen-bond donors (Lipinski definition) is 3. The summed E-state index contributed by atoms with van der Waals surface area (Å²) in [5, 5.41) is 9.13. The summed E-state index contributed by atoms with van der Waals surface area (Å²) in [6, 6.07) is 10.4. The van der Waals surface area contributed by atoms with Crippen molar-refractivity contribution in [1.29, 1.82) is 0 Å². The SMILES string of the molecule is CC1(C)CC(Nc2ncnc(Sc3cccc4cccnc34)c2N)CC(C)(C)N1. The Bertz CT molecular complexity index is 1010. The van der Waals surface area contributed by atoms with Crippen molar-refractivity contribution in [1.82, 2.24) is 20.3 Å². The summed E-state index contributed by atoms with van der Waals surface area (Å²) in [6.07, 6.45) is 5.38. The highest BCUT2D eigenvalue weighted by Crippen LogP contribution is 2.37. The second kappa shape index (κ2) is 7.46. The first-order valence-corrected chi connectivity index (χ1v) is 10.7. The predicted octanol–water partition coefficient (Wildman–Crippen LogP) is 4.48. The summed E-state index contributed by atoms with van der Waals surface area (Å²) in [5.74, 6) is 0.703. The highest BCUT2D eigenvalue weighted by Gasteiger charge is 2.38. The lowest BCUT2D eigenvalue weighted by atomic mass is 9.79. The number of nitrogens with one attached hydrogen (secondary N) is 2. The van der Waals surface area contributed by atoms with Crippen LogP contribution in [0.15, 0.2) is 52.8 Å². The molecule has 0 spiro atoms. The molecular formula is C22H28N6S. The first-order valence-electron chi connectivity index (χ1n) is 9.90. The summed E-state index contributed by atoms with van der Waals surface area (Å²) in [7, 11) is 0. The maximum absolute atomic E-state index is 6.48. The molecule has 1 aliphatic heterocycles. The van der Waals surface area contributed by atoms with E-state index in [-0.39, 0.29) is 17.1 Å². The molecule has 29 heavy (non-hydrogen) atoms. The second-order valence-electron chi connectivity index (χ2n) is 9.02. The smallest absolute Gasteiger partial charge is 0.154 e. The summed E-state index contributed by atoms with van der Waals surface area (Å²) < 4.78 is 0. The van der Waals surface area contributed by atoms with Crippen LogP contribution in [0.5, 0.6) is 0 Å². The average Bonchev–Trinajstić information content (AvgIpc) is 2.63. The molecule has 0 aliphatic carbocycles. The van der Waals surface area contributed by atoms with E-state index in [0.717, 1.165) is 33.7 Å². The van der Waals surface area contributed by atoms with E-state index in [1.165, 1.54) is 11.8 Å². The maximum Gasteiger partial charge on any atom is 0.154 e. The van der Waals surface area contributed by atoms with E-state index in [2.05, 4.69) is 65.4 Å². The maximum atomic E-state index is 6.48. The second-order valence-corrected chi connectivity index (χ2v) is 10.0. The van der Waals surface area contributed by atoms with Gasteiger partial charge in [0.15, 0.2) is 5.82 Å². The topological polar surface area (TPSA) is 88.8 Å². The Labute approximate surface area is 176 Å². The number of aromatic nitrogens is 3. The lowest BCUT2D eigenvalue weighted by Gasteiger charge is -2.46. The molecule has 3 heterocycles. The van der Waals surface area contributed by atoms with Gasteiger partial charge in [-0.1, -0.05) is 30.0 Å². The number of anilines is 2. The number of benzene rings is 1. The molecule has 0 atom stereocenters. The lowest BCUT2D eigenvalue weighted by Crippen LogP contribution is -2.60. The van der Waals surface area contributed by atoms with Crippen LogP contribution >= 0.6 is 11.8 Å². The number of nitrogens with zero attached hydrogens (tertiary/aromatic N) is 3. The minimum absolute atomic E-state index is 0.0490. The van der Waals surface area contributed by atoms with Crippen molar-refractivity contribution in [2.45, 2.75) is 67.6 Å². The Hall–Kier alpha value is -2.38. The molecule has 0 unspecified atom stereocenters. The van der Waals surface area contributed by atoms with Gasteiger partial charge in [0.25, 0.3) is 0 Å². The Morgan fingerprint density at radius 2 is 1.76 bits per heavy atom. The van der Waals surface area contributed by atoms with E-state index >= 15 is 0 Å². The third-order valence-electron chi connectivity index (χ3n) is 5.18. The zero-order valence-corrected chi connectivity index (χ0v) is 18.2. The van der Waals surface area contributed by atoms with Crippen molar-refractivity contribution < 1.29 is 0 Å². The van der Waals surface area contributed by atoms with Crippen LogP contribution in [0.1, 0.15) is 40.5 Å². The van der Waals surface area contributed by atoms with Gasteiger partial charge in [0.05, 0.1) is 5.52 Å². The molecule has 0 bridgehead atoms. The fourth-order valence-corrected chi connectivity index (χ4v) is 5.38. The van der Waals surface area contributed by atoms with Crippen molar-refractivity contribution in [3.05, 3.63) is 42.9 Å². The third-order valence-corrected chi connectivity index (χ3v) is 6.25. The van der Waals surface area contributed by atoms with Crippen molar-refractivity contribution in [2.75, 3.05) is 11.1 Å². The largest absolute Gasteiger partial charge is 0.394 e. The average molecular weight is 409 g/mol. The molecule has 1 fully saturated rings. The van der Waals surface area contributed by atoms with E-state index in [4.69, 9.17) is 5.73 Å². The first kappa shape index (κ1) is 19.9. The Morgan fingerprint density at radius 1 is 1.03 bits per heavy atom. The van der Waals surface area contributed by atoms with Gasteiger partial charge in [-0.15, -0.1) is 0 Å². The van der Waals surface area contributed by atoms with E-state index in [0.29, 0.717) is 11.5 Å². The molecule has 0 radical (unpaired) electrons. The highest BCUT2D eigenvalue weighted by atomic mass is 32.2. The Balaban J connectivity index is 1.59. The minimum atomic E-state index is 0.0490. The van der Waals surface area contributed by atoms with Gasteiger partial charge in [-0.2, -0.15) is 0 Å². The molecule has 7 heteroatoms. The molecule has 6 nitrogen and oxygen atoms in total. The minimum Gasteiger partial charge on any atom is -0.394 e. The summed E-state index contributed by atoms with van der Waals surface area (Å²) in [6.45, 7) is 8.95. The van der Waals surface area contributed by atoms with E-state index < -0.39 is 0 Å². The number of pyridine rings is 1. The monoisotopic (exact) mass is 408 g/mol. The third kappa shape index (κ3) is 4.46. The summed E-state index contributed by atoms with van der Waals surface area (Å²) in [4.78, 5) is 14.4. The molecule has 4 N–H and O–H groups in total. The molecule has 2 aromatic heterocycles. The van der Waals surface area contributed by atoms with Gasteiger partial charge < -0.3 is 16.4 Å². The van der Waals surface area contributed by atoms with Gasteiger partial charge in [-0.3, -0.25) is 4.98 Å². The molecular weight excluding hydrogens is 380 g/mol. The van der Waals surface area contributed by atoms with E-state index in [1.54, 1.807) is 6.33 Å². The van der Waals surface area contributed by atoms with Crippen LogP contribution < -0.4 is 16.4 Å². The fraction of sp³-hybridized carbons (Fsp3) is 0.409. The predicted molar refractivity (Wildman–Crippen MR) is 120 cm³/mol. The summed E-state index contributed by atoms with van der Waals surface area (Å²) >= 11 is 1.53. The van der Waals surface area contributed by atoms with Gasteiger partial charge in [-0.05, 0) is 52.7 Å². The van der Waals surface area contributed by atoms with Gasteiger partial charge in [-0.25, -0.2) is 9.97 Å². The Morgan fingerprint density at radius 3 is 2.52 bits per heavy atom. The summed E-state index contributed by atoms with van der Waals surface area (Å²) in [5.41, 5.74) is 8.12. The van der Waals surface area contributed by atoms with Crippen molar-refractivity contribution in [3.63, 3.8) is 0 Å². The molecule has 1 aromatic carbocycles. The standard InChI is InChI=1S/C22H28N6S/c1-21(2)11-15(12-22(3,4)28-21)27-19-17(23)20(26-13-25-19)29-16-9-5-7-14-8-6-10-24-18(14)16/h5-10,13,15,28H,11-12,23H2,1-4H3,(H,25,26,27). The molecule has 0 amide bonds. The van der Waals surface area contributed by atoms with Crippen LogP contribution in [-0.4, -0.2) is 32.1 Å². The Kier molecular flexibility index (Phi) is 5.12. The van der Waals surface area contributed by atoms with Crippen LogP contribution in [0.2, 0.25) is 0 Å². The molecule has 4 rings (SSSR count). The van der Waals surface area contributed by atoms with Crippen LogP contribution in [0, 0.1) is 0 Å². The van der Waals surface area contributed by atoms with Crippen molar-refractivity contribution in [2.24, 2.45) is 0 Å². The number of para-hydroxylation sites is 1. The van der Waals surface area contributed by atoms with E-state index in [1.807, 2.05) is 24.4 Å². The fourth-order valence-electron chi connectivity index (χ4n) is 4.46. The quantitative estimate of drug-likeness (QED) is 0.549. The molecule has 0 saturated carbocycles. The molecule has 3 aromatic rings. The molecule has 152 valence electrons. The van der Waals surface area contributed by atoms with Crippen LogP contribution in [0.3, 0.4) is 0 Å². The normalized spacial score (nSPS) is 18.6. The number of nitrogens with two attached hydrogens (primary N) is 1. The van der Waals surface area contributed by atoms with Gasteiger partial charge >= 0.3 is 0 Å². The van der Waals surface area contributed by atoms with Crippen molar-refractivity contribution >= 4 is 34.2 Å². The van der Waals surface area contributed by atoms with Crippen LogP contribution in [0.4, 0.5) is 11.5 Å². The zero-order chi connectivity index (χ0) is 20.6. The number of piperidine rings is 1. The van der Waals surface area contributed by atoms with Gasteiger partial charge in [0, 0.05) is 33.6 Å². The molecule has 1 aliphatic rings.